The predicted molar refractivity (Wildman–Crippen MR) is 109 cm³/mol. The molecule has 0 unspecified atom stereocenters. The van der Waals surface area contributed by atoms with Gasteiger partial charge in [-0.15, -0.1) is 0 Å². The highest BCUT2D eigenvalue weighted by Crippen LogP contribution is 2.18. The Morgan fingerprint density at radius 3 is 2.29 bits per heavy atom. The van der Waals surface area contributed by atoms with Crippen LogP contribution in [0.4, 0.5) is 0 Å². The summed E-state index contributed by atoms with van der Waals surface area (Å²) in [4.78, 5) is 28.8. The zero-order chi connectivity index (χ0) is 19.5. The van der Waals surface area contributed by atoms with Crippen molar-refractivity contribution >= 4 is 16.9 Å². The molecule has 2 aromatic carbocycles. The Kier molecular flexibility index (Phi) is 4.76. The normalized spacial score (nSPS) is 10.9. The molecular weight excluding hydrogens is 352 g/mol. The number of carbonyl (C=O) groups is 1. The van der Waals surface area contributed by atoms with Crippen molar-refractivity contribution in [1.29, 1.82) is 0 Å². The van der Waals surface area contributed by atoms with Crippen molar-refractivity contribution in [2.24, 2.45) is 7.05 Å². The van der Waals surface area contributed by atoms with Crippen molar-refractivity contribution in [1.82, 2.24) is 19.4 Å². The number of amides is 1. The number of pyridine rings is 1. The fraction of sp³-hybridized carbons (Fsp3) is 0.136. The van der Waals surface area contributed by atoms with Crippen LogP contribution in [0.15, 0.2) is 77.9 Å². The largest absolute Gasteiger partial charge is 0.350 e. The third-order valence-electron chi connectivity index (χ3n) is 4.81. The Hall–Kier alpha value is -3.67. The van der Waals surface area contributed by atoms with E-state index in [9.17, 15) is 9.59 Å². The highest BCUT2D eigenvalue weighted by atomic mass is 16.2. The minimum absolute atomic E-state index is 0.00468. The molecule has 28 heavy (non-hydrogen) atoms. The van der Waals surface area contributed by atoms with E-state index in [1.54, 1.807) is 24.0 Å². The number of aromatic nitrogens is 3. The van der Waals surface area contributed by atoms with Crippen LogP contribution in [0.2, 0.25) is 0 Å². The van der Waals surface area contributed by atoms with Crippen LogP contribution in [0, 0.1) is 0 Å². The number of hydrogen-bond acceptors (Lipinski definition) is 3. The maximum absolute atomic E-state index is 12.4. The lowest BCUT2D eigenvalue weighted by molar-refractivity contribution is -0.121. The molecule has 0 fully saturated rings. The number of hydrogen-bond donors (Lipinski definition) is 1. The Balaban J connectivity index is 1.43. The summed E-state index contributed by atoms with van der Waals surface area (Å²) in [5.41, 5.74) is 4.56. The number of nitrogens with one attached hydrogen (secondary N) is 1. The summed E-state index contributed by atoms with van der Waals surface area (Å²) in [6, 6.07) is 19.4. The van der Waals surface area contributed by atoms with Crippen molar-refractivity contribution in [2.45, 2.75) is 13.1 Å². The molecule has 0 bridgehead atoms. The Morgan fingerprint density at radius 1 is 0.929 bits per heavy atom. The van der Waals surface area contributed by atoms with Crippen molar-refractivity contribution in [3.63, 3.8) is 0 Å². The van der Waals surface area contributed by atoms with E-state index < -0.39 is 0 Å². The molecule has 0 aliphatic carbocycles. The average Bonchev–Trinajstić information content (AvgIpc) is 2.98. The molecule has 0 radical (unpaired) electrons. The van der Waals surface area contributed by atoms with E-state index in [-0.39, 0.29) is 18.1 Å². The minimum Gasteiger partial charge on any atom is -0.350 e. The number of fused-ring (bicyclic) bond motifs is 1. The zero-order valence-corrected chi connectivity index (χ0v) is 15.5. The summed E-state index contributed by atoms with van der Waals surface area (Å²) >= 11 is 0. The molecule has 2 aromatic heterocycles. The van der Waals surface area contributed by atoms with Gasteiger partial charge in [0, 0.05) is 26.0 Å². The molecule has 1 N–H and O–H groups in total. The lowest BCUT2D eigenvalue weighted by Gasteiger charge is -2.08. The SMILES string of the molecule is Cn1c(=O)n(CC(=O)NCc2ccc(-c3ccncc3)cc2)c2ccccc21. The van der Waals surface area contributed by atoms with Gasteiger partial charge in [0.15, 0.2) is 0 Å². The third-order valence-corrected chi connectivity index (χ3v) is 4.81. The number of aryl methyl sites for hydroxylation is 1. The van der Waals surface area contributed by atoms with Gasteiger partial charge in [-0.05, 0) is 41.0 Å². The Morgan fingerprint density at radius 2 is 1.57 bits per heavy atom. The Bertz CT molecular complexity index is 1170. The first-order valence-corrected chi connectivity index (χ1v) is 9.04. The molecule has 0 saturated carbocycles. The second-order valence-electron chi connectivity index (χ2n) is 6.63. The fourth-order valence-corrected chi connectivity index (χ4v) is 3.28. The number of carbonyl (C=O) groups excluding carboxylic acids is 1. The van der Waals surface area contributed by atoms with Gasteiger partial charge in [0.2, 0.25) is 5.91 Å². The van der Waals surface area contributed by atoms with Gasteiger partial charge in [0.05, 0.1) is 11.0 Å². The lowest BCUT2D eigenvalue weighted by atomic mass is 10.1. The van der Waals surface area contributed by atoms with Gasteiger partial charge in [-0.2, -0.15) is 0 Å². The van der Waals surface area contributed by atoms with Crippen LogP contribution >= 0.6 is 0 Å². The van der Waals surface area contributed by atoms with E-state index >= 15 is 0 Å². The van der Waals surface area contributed by atoms with Crippen LogP contribution in [-0.4, -0.2) is 20.0 Å². The molecule has 0 aliphatic heterocycles. The van der Waals surface area contributed by atoms with Crippen LogP contribution in [0.5, 0.6) is 0 Å². The van der Waals surface area contributed by atoms with Gasteiger partial charge in [-0.3, -0.25) is 18.9 Å². The van der Waals surface area contributed by atoms with E-state index in [2.05, 4.69) is 10.3 Å². The smallest absolute Gasteiger partial charge is 0.329 e. The minimum atomic E-state index is -0.198. The first kappa shape index (κ1) is 17.7. The predicted octanol–water partition coefficient (Wildman–Crippen LogP) is 2.72. The summed E-state index contributed by atoms with van der Waals surface area (Å²) in [6.07, 6.45) is 3.53. The van der Waals surface area contributed by atoms with Crippen LogP contribution in [0.3, 0.4) is 0 Å². The zero-order valence-electron chi connectivity index (χ0n) is 15.5. The van der Waals surface area contributed by atoms with E-state index in [4.69, 9.17) is 0 Å². The maximum Gasteiger partial charge on any atom is 0.329 e. The van der Waals surface area contributed by atoms with Crippen LogP contribution in [0.25, 0.3) is 22.2 Å². The number of imidazole rings is 1. The molecule has 4 rings (SSSR count). The van der Waals surface area contributed by atoms with Crippen molar-refractivity contribution < 1.29 is 4.79 Å². The molecule has 140 valence electrons. The van der Waals surface area contributed by atoms with Crippen molar-refractivity contribution in [2.75, 3.05) is 0 Å². The molecule has 0 spiro atoms. The van der Waals surface area contributed by atoms with Gasteiger partial charge in [0.25, 0.3) is 0 Å². The topological polar surface area (TPSA) is 68.9 Å². The maximum atomic E-state index is 12.4. The van der Waals surface area contributed by atoms with Gasteiger partial charge in [-0.25, -0.2) is 4.79 Å². The van der Waals surface area contributed by atoms with Crippen molar-refractivity contribution in [3.8, 4) is 11.1 Å². The second kappa shape index (κ2) is 7.52. The van der Waals surface area contributed by atoms with Crippen LogP contribution in [0.1, 0.15) is 5.56 Å². The van der Waals surface area contributed by atoms with Crippen molar-refractivity contribution in [3.05, 3.63) is 89.1 Å². The monoisotopic (exact) mass is 372 g/mol. The first-order chi connectivity index (χ1) is 13.6. The van der Waals surface area contributed by atoms with Crippen LogP contribution < -0.4 is 11.0 Å². The quantitative estimate of drug-likeness (QED) is 0.586. The summed E-state index contributed by atoms with van der Waals surface area (Å²) in [6.45, 7) is 0.407. The standard InChI is InChI=1S/C22H20N4O2/c1-25-19-4-2-3-5-20(19)26(22(25)28)15-21(27)24-14-16-6-8-17(9-7-16)18-10-12-23-13-11-18/h2-13H,14-15H2,1H3,(H,24,27). The van der Waals surface area contributed by atoms with E-state index in [1.165, 1.54) is 4.57 Å². The molecular formula is C22H20N4O2. The molecule has 0 saturated heterocycles. The molecule has 4 aromatic rings. The summed E-state index contributed by atoms with van der Waals surface area (Å²) in [5.74, 6) is -0.198. The lowest BCUT2D eigenvalue weighted by Crippen LogP contribution is -2.32. The summed E-state index contributed by atoms with van der Waals surface area (Å²) in [5, 5.41) is 2.89. The average molecular weight is 372 g/mol. The van der Waals surface area contributed by atoms with E-state index in [1.807, 2.05) is 60.7 Å². The number of rotatable bonds is 5. The molecule has 0 atom stereocenters. The molecule has 2 heterocycles. The highest BCUT2D eigenvalue weighted by Gasteiger charge is 2.13. The molecule has 0 aliphatic rings. The summed E-state index contributed by atoms with van der Waals surface area (Å²) in [7, 11) is 1.71. The van der Waals surface area contributed by atoms with Gasteiger partial charge >= 0.3 is 5.69 Å². The van der Waals surface area contributed by atoms with Gasteiger partial charge in [0.1, 0.15) is 6.54 Å². The van der Waals surface area contributed by atoms with Gasteiger partial charge in [-0.1, -0.05) is 36.4 Å². The Labute approximate surface area is 162 Å². The second-order valence-corrected chi connectivity index (χ2v) is 6.63. The molecule has 6 nitrogen and oxygen atoms in total. The number of nitrogens with zero attached hydrogens (tertiary/aromatic N) is 3. The summed E-state index contributed by atoms with van der Waals surface area (Å²) < 4.78 is 3.05. The molecule has 1 amide bonds. The number of para-hydroxylation sites is 2. The van der Waals surface area contributed by atoms with Gasteiger partial charge < -0.3 is 5.32 Å². The highest BCUT2D eigenvalue weighted by molar-refractivity contribution is 5.80. The third kappa shape index (κ3) is 3.44. The fourth-order valence-electron chi connectivity index (χ4n) is 3.28. The molecule has 6 heteroatoms. The number of benzene rings is 2. The van der Waals surface area contributed by atoms with E-state index in [0.717, 1.165) is 27.7 Å². The first-order valence-electron chi connectivity index (χ1n) is 9.04. The van der Waals surface area contributed by atoms with E-state index in [0.29, 0.717) is 6.54 Å². The van der Waals surface area contributed by atoms with Crippen LogP contribution in [-0.2, 0) is 24.9 Å².